The second-order valence-corrected chi connectivity index (χ2v) is 2.59. The molecule has 1 aromatic carbocycles. The zero-order valence-electron chi connectivity index (χ0n) is 6.95. The molecule has 0 amide bonds. The van der Waals surface area contributed by atoms with Gasteiger partial charge in [-0.15, -0.1) is 4.48 Å². The number of hydrogen-bond donors (Lipinski definition) is 1. The molecule has 0 unspecified atom stereocenters. The molecular formula is C7H4F6N2. The summed E-state index contributed by atoms with van der Waals surface area (Å²) in [7, 11) is 0. The molecule has 0 aromatic heterocycles. The first-order chi connectivity index (χ1) is 6.84. The summed E-state index contributed by atoms with van der Waals surface area (Å²) in [5.41, 5.74) is -2.23. The molecule has 0 atom stereocenters. The number of rotatable bonds is 2. The summed E-state index contributed by atoms with van der Waals surface area (Å²) in [6.45, 7) is 0. The fraction of sp³-hybridized carbons (Fsp3) is 0.143. The van der Waals surface area contributed by atoms with Crippen LogP contribution in [0.1, 0.15) is 5.56 Å². The Morgan fingerprint density at radius 2 is 1.67 bits per heavy atom. The monoisotopic (exact) mass is 230 g/mol. The number of halogens is 6. The van der Waals surface area contributed by atoms with Crippen LogP contribution in [0.5, 0.6) is 0 Å². The standard InChI is InChI=1S/C7H4F6N2/c8-7(9,10)4-1-5(14-11)3-6(2-4)15(12)13/h1-3,14H. The van der Waals surface area contributed by atoms with Crippen molar-refractivity contribution in [2.75, 3.05) is 10.9 Å². The van der Waals surface area contributed by atoms with Crippen molar-refractivity contribution >= 4 is 11.4 Å². The van der Waals surface area contributed by atoms with E-state index in [1.165, 1.54) is 0 Å². The van der Waals surface area contributed by atoms with E-state index in [1.807, 2.05) is 0 Å². The van der Waals surface area contributed by atoms with Gasteiger partial charge in [0.15, 0.2) is 0 Å². The molecule has 0 aliphatic rings. The van der Waals surface area contributed by atoms with Crippen LogP contribution in [0.4, 0.5) is 38.0 Å². The van der Waals surface area contributed by atoms with Crippen LogP contribution in [0.3, 0.4) is 0 Å². The molecule has 8 heteroatoms. The molecular weight excluding hydrogens is 226 g/mol. The van der Waals surface area contributed by atoms with Crippen molar-refractivity contribution in [2.24, 2.45) is 0 Å². The Balaban J connectivity index is 3.23. The maximum atomic E-state index is 12.1. The summed E-state index contributed by atoms with van der Waals surface area (Å²) in [5.74, 6) is 0. The molecule has 0 aliphatic carbocycles. The minimum atomic E-state index is -4.81. The zero-order chi connectivity index (χ0) is 11.6. The third-order valence-corrected chi connectivity index (χ3v) is 1.55. The van der Waals surface area contributed by atoms with Crippen LogP contribution in [0.2, 0.25) is 0 Å². The second-order valence-electron chi connectivity index (χ2n) is 2.59. The van der Waals surface area contributed by atoms with E-state index in [2.05, 4.69) is 0 Å². The average Bonchev–Trinajstić information content (AvgIpc) is 2.15. The van der Waals surface area contributed by atoms with E-state index in [9.17, 15) is 26.6 Å². The molecule has 0 radical (unpaired) electrons. The van der Waals surface area contributed by atoms with Crippen LogP contribution in [-0.4, -0.2) is 0 Å². The van der Waals surface area contributed by atoms with Gasteiger partial charge in [0.25, 0.3) is 0 Å². The number of nitrogens with zero attached hydrogens (tertiary/aromatic N) is 1. The molecule has 2 nitrogen and oxygen atoms in total. The van der Waals surface area contributed by atoms with Crippen molar-refractivity contribution in [2.45, 2.75) is 6.18 Å². The van der Waals surface area contributed by atoms with Gasteiger partial charge in [-0.25, -0.2) is 5.54 Å². The number of alkyl halides is 3. The van der Waals surface area contributed by atoms with Gasteiger partial charge < -0.3 is 0 Å². The predicted molar refractivity (Wildman–Crippen MR) is 40.9 cm³/mol. The summed E-state index contributed by atoms with van der Waals surface area (Å²) in [6, 6.07) is 1.13. The van der Waals surface area contributed by atoms with Gasteiger partial charge in [-0.05, 0) is 23.5 Å². The molecule has 84 valence electrons. The normalized spacial score (nSPS) is 11.3. The van der Waals surface area contributed by atoms with Crippen LogP contribution < -0.4 is 10.9 Å². The van der Waals surface area contributed by atoms with Crippen LogP contribution in [0.25, 0.3) is 0 Å². The van der Waals surface area contributed by atoms with E-state index >= 15 is 0 Å². The summed E-state index contributed by atoms with van der Waals surface area (Å²) < 4.78 is 72.2. The van der Waals surface area contributed by atoms with Gasteiger partial charge in [0.2, 0.25) is 0 Å². The summed E-state index contributed by atoms with van der Waals surface area (Å²) >= 11 is 0. The topological polar surface area (TPSA) is 15.3 Å². The molecule has 0 saturated heterocycles. The molecule has 0 aliphatic heterocycles. The van der Waals surface area contributed by atoms with Crippen molar-refractivity contribution in [3.05, 3.63) is 23.8 Å². The maximum absolute atomic E-state index is 12.1. The molecule has 15 heavy (non-hydrogen) atoms. The van der Waals surface area contributed by atoms with Gasteiger partial charge in [-0.1, -0.05) is 8.96 Å². The van der Waals surface area contributed by atoms with Crippen molar-refractivity contribution in [3.8, 4) is 0 Å². The molecule has 1 aromatic rings. The largest absolute Gasteiger partial charge is 0.416 e. The fourth-order valence-electron chi connectivity index (χ4n) is 0.927. The highest BCUT2D eigenvalue weighted by Crippen LogP contribution is 2.34. The van der Waals surface area contributed by atoms with Crippen LogP contribution in [-0.2, 0) is 6.18 Å². The lowest BCUT2D eigenvalue weighted by molar-refractivity contribution is -0.137. The van der Waals surface area contributed by atoms with Crippen molar-refractivity contribution in [3.63, 3.8) is 0 Å². The fourth-order valence-corrected chi connectivity index (χ4v) is 0.927. The first-order valence-corrected chi connectivity index (χ1v) is 3.55. The molecule has 0 fully saturated rings. The number of benzene rings is 1. The van der Waals surface area contributed by atoms with Crippen LogP contribution in [0.15, 0.2) is 18.2 Å². The van der Waals surface area contributed by atoms with E-state index in [0.29, 0.717) is 12.1 Å². The van der Waals surface area contributed by atoms with Gasteiger partial charge in [0, 0.05) is 0 Å². The lowest BCUT2D eigenvalue weighted by Gasteiger charge is -2.10. The minimum Gasteiger partial charge on any atom is -0.224 e. The van der Waals surface area contributed by atoms with E-state index < -0.39 is 28.5 Å². The third-order valence-electron chi connectivity index (χ3n) is 1.55. The number of anilines is 2. The molecule has 0 heterocycles. The van der Waals surface area contributed by atoms with E-state index in [-0.39, 0.29) is 6.07 Å². The van der Waals surface area contributed by atoms with Crippen molar-refractivity contribution in [1.82, 2.24) is 0 Å². The predicted octanol–water partition coefficient (Wildman–Crippen LogP) is 3.58. The highest BCUT2D eigenvalue weighted by atomic mass is 19.4. The highest BCUT2D eigenvalue weighted by Gasteiger charge is 2.32. The second kappa shape index (κ2) is 3.87. The van der Waals surface area contributed by atoms with Gasteiger partial charge in [0.05, 0.1) is 11.3 Å². The Labute approximate surface area is 79.9 Å². The van der Waals surface area contributed by atoms with Gasteiger partial charge >= 0.3 is 6.18 Å². The molecule has 1 N–H and O–H groups in total. The Bertz CT molecular complexity index is 348. The quantitative estimate of drug-likeness (QED) is 0.617. The zero-order valence-corrected chi connectivity index (χ0v) is 6.95. The maximum Gasteiger partial charge on any atom is 0.416 e. The van der Waals surface area contributed by atoms with Gasteiger partial charge in [-0.3, -0.25) is 0 Å². The Kier molecular flexibility index (Phi) is 2.96. The number of hydrogen-bond acceptors (Lipinski definition) is 2. The third kappa shape index (κ3) is 2.67. The lowest BCUT2D eigenvalue weighted by Crippen LogP contribution is -2.07. The smallest absolute Gasteiger partial charge is 0.224 e. The number of nitrogens with one attached hydrogen (secondary N) is 1. The molecule has 0 bridgehead atoms. The van der Waals surface area contributed by atoms with E-state index in [4.69, 9.17) is 0 Å². The Morgan fingerprint density at radius 1 is 1.07 bits per heavy atom. The molecule has 1 rings (SSSR count). The van der Waals surface area contributed by atoms with Crippen molar-refractivity contribution < 1.29 is 26.6 Å². The minimum absolute atomic E-state index is 0.209. The molecule has 0 saturated carbocycles. The molecule has 0 spiro atoms. The van der Waals surface area contributed by atoms with Gasteiger partial charge in [0.1, 0.15) is 5.69 Å². The first-order valence-electron chi connectivity index (χ1n) is 3.55. The van der Waals surface area contributed by atoms with Crippen LogP contribution in [0, 0.1) is 0 Å². The average molecular weight is 230 g/mol. The van der Waals surface area contributed by atoms with E-state index in [0.717, 1.165) is 5.54 Å². The Hall–Kier alpha value is -1.60. The lowest BCUT2D eigenvalue weighted by atomic mass is 10.1. The Morgan fingerprint density at radius 3 is 2.07 bits per heavy atom. The van der Waals surface area contributed by atoms with Crippen LogP contribution >= 0.6 is 0 Å². The summed E-state index contributed by atoms with van der Waals surface area (Å²) in [4.78, 5) is 0. The van der Waals surface area contributed by atoms with Gasteiger partial charge in [-0.2, -0.15) is 13.2 Å². The SMILES string of the molecule is FNc1cc(N(F)F)cc(C(F)(F)F)c1. The summed E-state index contributed by atoms with van der Waals surface area (Å²) in [5, 5.41) is -1.53. The first kappa shape index (κ1) is 11.5. The summed E-state index contributed by atoms with van der Waals surface area (Å²) in [6.07, 6.45) is -4.81. The van der Waals surface area contributed by atoms with Crippen molar-refractivity contribution in [1.29, 1.82) is 0 Å². The van der Waals surface area contributed by atoms with E-state index in [1.54, 1.807) is 0 Å². The highest BCUT2D eigenvalue weighted by molar-refractivity contribution is 5.58.